The molecule has 7 heteroatoms. The van der Waals surface area contributed by atoms with Gasteiger partial charge in [0.25, 0.3) is 0 Å². The average Bonchev–Trinajstić information content (AvgIpc) is 2.95. The fourth-order valence-corrected chi connectivity index (χ4v) is 4.23. The van der Waals surface area contributed by atoms with E-state index < -0.39 is 5.63 Å². The molecule has 0 aliphatic rings. The van der Waals surface area contributed by atoms with Gasteiger partial charge in [-0.2, -0.15) is 0 Å². The van der Waals surface area contributed by atoms with Gasteiger partial charge in [-0.15, -0.1) is 0 Å². The fourth-order valence-electron chi connectivity index (χ4n) is 4.23. The van der Waals surface area contributed by atoms with E-state index in [2.05, 4.69) is 0 Å². The fraction of sp³-hybridized carbons (Fsp3) is 0.133. The largest absolute Gasteiger partial charge is 0.497 e. The van der Waals surface area contributed by atoms with Crippen molar-refractivity contribution < 1.29 is 28.2 Å². The van der Waals surface area contributed by atoms with Crippen LogP contribution in [-0.4, -0.2) is 20.5 Å². The van der Waals surface area contributed by atoms with E-state index in [1.807, 2.05) is 60.7 Å². The molecule has 0 saturated heterocycles. The third-order valence-electron chi connectivity index (χ3n) is 6.02. The van der Waals surface area contributed by atoms with Crippen molar-refractivity contribution in [2.45, 2.75) is 13.2 Å². The third kappa shape index (κ3) is 4.71. The highest BCUT2D eigenvalue weighted by Gasteiger charge is 2.23. The number of carbonyl (C=O) groups is 1. The van der Waals surface area contributed by atoms with Crippen molar-refractivity contribution in [3.8, 4) is 23.0 Å². The van der Waals surface area contributed by atoms with E-state index in [0.717, 1.165) is 11.1 Å². The molecule has 0 atom stereocenters. The second kappa shape index (κ2) is 10.5. The Morgan fingerprint density at radius 1 is 0.757 bits per heavy atom. The Kier molecular flexibility index (Phi) is 6.76. The summed E-state index contributed by atoms with van der Waals surface area (Å²) >= 11 is 0. The number of hydrogen-bond donors (Lipinski definition) is 0. The van der Waals surface area contributed by atoms with Gasteiger partial charge in [0.2, 0.25) is 5.75 Å². The highest BCUT2D eigenvalue weighted by molar-refractivity contribution is 6.15. The van der Waals surface area contributed by atoms with Gasteiger partial charge in [-0.1, -0.05) is 60.7 Å². The van der Waals surface area contributed by atoms with E-state index in [0.29, 0.717) is 22.8 Å². The molecule has 0 amide bonds. The number of ether oxygens (including phenoxy) is 4. The molecule has 0 radical (unpaired) electrons. The van der Waals surface area contributed by atoms with E-state index in [1.165, 1.54) is 14.2 Å². The van der Waals surface area contributed by atoms with Gasteiger partial charge in [0.05, 0.1) is 14.2 Å². The maximum Gasteiger partial charge on any atom is 0.348 e. The Labute approximate surface area is 212 Å². The molecule has 186 valence electrons. The first kappa shape index (κ1) is 23.9. The van der Waals surface area contributed by atoms with E-state index in [-0.39, 0.29) is 47.0 Å². The zero-order valence-corrected chi connectivity index (χ0v) is 20.4. The number of benzene rings is 4. The number of methoxy groups -OCH3 is 2. The first-order valence-electron chi connectivity index (χ1n) is 11.6. The van der Waals surface area contributed by atoms with Crippen molar-refractivity contribution in [1.82, 2.24) is 0 Å². The molecule has 0 N–H and O–H groups in total. The summed E-state index contributed by atoms with van der Waals surface area (Å²) in [6, 6.07) is 24.0. The van der Waals surface area contributed by atoms with E-state index in [1.54, 1.807) is 18.2 Å². The van der Waals surface area contributed by atoms with Crippen molar-refractivity contribution in [2.24, 2.45) is 0 Å². The van der Waals surface area contributed by atoms with E-state index in [9.17, 15) is 9.59 Å². The molecule has 37 heavy (non-hydrogen) atoms. The van der Waals surface area contributed by atoms with Crippen molar-refractivity contribution in [1.29, 1.82) is 0 Å². The molecule has 5 rings (SSSR count). The quantitative estimate of drug-likeness (QED) is 0.142. The Hall–Kier alpha value is -4.78. The molecule has 0 unspecified atom stereocenters. The molecule has 0 saturated carbocycles. The summed E-state index contributed by atoms with van der Waals surface area (Å²) in [6.45, 7) is 0.438. The molecule has 0 aliphatic carbocycles. The van der Waals surface area contributed by atoms with Crippen LogP contribution in [0.2, 0.25) is 0 Å². The van der Waals surface area contributed by atoms with Gasteiger partial charge in [0.1, 0.15) is 30.1 Å². The normalized spacial score (nSPS) is 10.9. The number of rotatable bonds is 9. The van der Waals surface area contributed by atoms with Crippen LogP contribution in [0.4, 0.5) is 0 Å². The van der Waals surface area contributed by atoms with Gasteiger partial charge in [0, 0.05) is 22.4 Å². The zero-order valence-electron chi connectivity index (χ0n) is 20.4. The topological polar surface area (TPSA) is 84.2 Å². The summed E-state index contributed by atoms with van der Waals surface area (Å²) in [6.07, 6.45) is 0.690. The summed E-state index contributed by atoms with van der Waals surface area (Å²) in [4.78, 5) is 25.6. The number of fused-ring (bicyclic) bond motifs is 3. The first-order chi connectivity index (χ1) is 18.1. The SMILES string of the molecule is COc1cc(OCc2ccccc2)c2c(=O)oc3c(OCc4ccccc4)c(OC)cc(C=O)c3c2c1. The molecule has 0 aliphatic heterocycles. The van der Waals surface area contributed by atoms with Crippen LogP contribution in [0.1, 0.15) is 21.5 Å². The lowest BCUT2D eigenvalue weighted by Gasteiger charge is -2.17. The number of carbonyl (C=O) groups excluding carboxylic acids is 1. The Balaban J connectivity index is 1.72. The lowest BCUT2D eigenvalue weighted by atomic mass is 10.0. The van der Waals surface area contributed by atoms with Gasteiger partial charge >= 0.3 is 5.63 Å². The predicted octanol–water partition coefficient (Wildman–Crippen LogP) is 5.93. The minimum Gasteiger partial charge on any atom is -0.497 e. The second-order valence-corrected chi connectivity index (χ2v) is 8.31. The molecule has 1 aromatic heterocycles. The Morgan fingerprint density at radius 2 is 1.41 bits per heavy atom. The van der Waals surface area contributed by atoms with Gasteiger partial charge in [-0.3, -0.25) is 4.79 Å². The van der Waals surface area contributed by atoms with Gasteiger partial charge < -0.3 is 23.4 Å². The Bertz CT molecular complexity index is 1620. The smallest absolute Gasteiger partial charge is 0.348 e. The van der Waals surface area contributed by atoms with Gasteiger partial charge in [0.15, 0.2) is 17.6 Å². The van der Waals surface area contributed by atoms with Crippen molar-refractivity contribution in [3.63, 3.8) is 0 Å². The van der Waals surface area contributed by atoms with Crippen LogP contribution in [-0.2, 0) is 13.2 Å². The van der Waals surface area contributed by atoms with Crippen molar-refractivity contribution in [2.75, 3.05) is 14.2 Å². The molecule has 5 aromatic rings. The summed E-state index contributed by atoms with van der Waals surface area (Å²) in [5, 5.41) is 1.05. The lowest BCUT2D eigenvalue weighted by molar-refractivity contribution is 0.112. The maximum absolute atomic E-state index is 13.4. The predicted molar refractivity (Wildman–Crippen MR) is 140 cm³/mol. The molecular formula is C30H24O7. The third-order valence-corrected chi connectivity index (χ3v) is 6.02. The van der Waals surface area contributed by atoms with Crippen LogP contribution in [0.15, 0.2) is 88.1 Å². The van der Waals surface area contributed by atoms with Gasteiger partial charge in [-0.05, 0) is 23.3 Å². The van der Waals surface area contributed by atoms with Crippen LogP contribution in [0, 0.1) is 0 Å². The lowest BCUT2D eigenvalue weighted by Crippen LogP contribution is -2.07. The summed E-state index contributed by atoms with van der Waals surface area (Å²) in [5.74, 6) is 1.24. The minimum absolute atomic E-state index is 0.108. The monoisotopic (exact) mass is 496 g/mol. The minimum atomic E-state index is -0.636. The van der Waals surface area contributed by atoms with Crippen LogP contribution < -0.4 is 24.6 Å². The molecule has 1 heterocycles. The average molecular weight is 497 g/mol. The summed E-state index contributed by atoms with van der Waals surface area (Å²) in [7, 11) is 2.98. The Morgan fingerprint density at radius 3 is 2.00 bits per heavy atom. The van der Waals surface area contributed by atoms with E-state index in [4.69, 9.17) is 23.4 Å². The number of aldehydes is 1. The summed E-state index contributed by atoms with van der Waals surface area (Å²) in [5.41, 5.74) is 1.59. The molecule has 0 bridgehead atoms. The van der Waals surface area contributed by atoms with Gasteiger partial charge in [-0.25, -0.2) is 4.79 Å². The van der Waals surface area contributed by atoms with Crippen LogP contribution >= 0.6 is 0 Å². The highest BCUT2D eigenvalue weighted by atomic mass is 16.5. The molecule has 0 spiro atoms. The first-order valence-corrected chi connectivity index (χ1v) is 11.6. The molecule has 4 aromatic carbocycles. The standard InChI is InChI=1S/C30H24O7/c1-33-22-14-23-26-21(16-31)13-25(34-2)28(36-18-20-11-7-4-8-12-20)29(26)37-30(32)27(23)24(15-22)35-17-19-9-5-3-6-10-19/h3-16H,17-18H2,1-2H3. The van der Waals surface area contributed by atoms with E-state index >= 15 is 0 Å². The molecule has 7 nitrogen and oxygen atoms in total. The number of hydrogen-bond acceptors (Lipinski definition) is 7. The van der Waals surface area contributed by atoms with Crippen LogP contribution in [0.3, 0.4) is 0 Å². The summed E-state index contributed by atoms with van der Waals surface area (Å²) < 4.78 is 28.9. The maximum atomic E-state index is 13.4. The molecular weight excluding hydrogens is 472 g/mol. The second-order valence-electron chi connectivity index (χ2n) is 8.31. The molecule has 0 fully saturated rings. The van der Waals surface area contributed by atoms with Crippen LogP contribution in [0.5, 0.6) is 23.0 Å². The van der Waals surface area contributed by atoms with Crippen molar-refractivity contribution >= 4 is 28.0 Å². The zero-order chi connectivity index (χ0) is 25.8. The van der Waals surface area contributed by atoms with Crippen LogP contribution in [0.25, 0.3) is 21.7 Å². The van der Waals surface area contributed by atoms with Crippen molar-refractivity contribution in [3.05, 3.63) is 106 Å². The highest BCUT2D eigenvalue weighted by Crippen LogP contribution is 2.42.